The van der Waals surface area contributed by atoms with E-state index in [1.54, 1.807) is 0 Å². The van der Waals surface area contributed by atoms with Gasteiger partial charge in [-0.05, 0) is 38.0 Å². The Bertz CT molecular complexity index is 530. The monoisotopic (exact) mass is 333 g/mol. The lowest BCUT2D eigenvalue weighted by Crippen LogP contribution is -2.39. The van der Waals surface area contributed by atoms with E-state index in [1.165, 1.54) is 0 Å². The van der Waals surface area contributed by atoms with Gasteiger partial charge in [0.15, 0.2) is 11.5 Å². The minimum absolute atomic E-state index is 0.0997. The van der Waals surface area contributed by atoms with E-state index in [9.17, 15) is 4.79 Å². The highest BCUT2D eigenvalue weighted by Gasteiger charge is 2.22. The molecule has 0 N–H and O–H groups in total. The zero-order valence-electron chi connectivity index (χ0n) is 15.3. The summed E-state index contributed by atoms with van der Waals surface area (Å²) >= 11 is 0. The van der Waals surface area contributed by atoms with Crippen LogP contribution in [-0.4, -0.2) is 36.6 Å². The summed E-state index contributed by atoms with van der Waals surface area (Å²) in [6.07, 6.45) is 6.36. The van der Waals surface area contributed by atoms with E-state index in [0.717, 1.165) is 50.8 Å². The quantitative estimate of drug-likeness (QED) is 0.649. The highest BCUT2D eigenvalue weighted by molar-refractivity contribution is 5.95. The second-order valence-electron chi connectivity index (χ2n) is 6.56. The van der Waals surface area contributed by atoms with Crippen LogP contribution in [0.1, 0.15) is 69.7 Å². The number of carbonyl (C=O) groups excluding carboxylic acids is 1. The molecule has 0 aliphatic carbocycles. The van der Waals surface area contributed by atoms with Crippen LogP contribution in [0.5, 0.6) is 11.5 Å². The first-order valence-corrected chi connectivity index (χ1v) is 9.38. The van der Waals surface area contributed by atoms with Crippen molar-refractivity contribution in [2.24, 2.45) is 0 Å². The normalized spacial score (nSPS) is 14.8. The third-order valence-corrected chi connectivity index (χ3v) is 4.50. The van der Waals surface area contributed by atoms with Gasteiger partial charge in [-0.2, -0.15) is 0 Å². The lowest BCUT2D eigenvalue weighted by Gasteiger charge is -2.29. The average molecular weight is 333 g/mol. The van der Waals surface area contributed by atoms with Crippen molar-refractivity contribution in [3.63, 3.8) is 0 Å². The van der Waals surface area contributed by atoms with Gasteiger partial charge in [-0.25, -0.2) is 0 Å². The molecule has 1 unspecified atom stereocenters. The Morgan fingerprint density at radius 3 is 2.58 bits per heavy atom. The first kappa shape index (κ1) is 18.6. The van der Waals surface area contributed by atoms with Crippen LogP contribution in [0.25, 0.3) is 0 Å². The fourth-order valence-corrected chi connectivity index (χ4v) is 3.09. The Hall–Kier alpha value is -1.71. The van der Waals surface area contributed by atoms with Gasteiger partial charge in [-0.15, -0.1) is 0 Å². The van der Waals surface area contributed by atoms with Crippen molar-refractivity contribution in [3.8, 4) is 11.5 Å². The molecule has 1 aliphatic rings. The molecule has 0 bridgehead atoms. The number of ether oxygens (including phenoxy) is 2. The average Bonchev–Trinajstić information content (AvgIpc) is 2.83. The standard InChI is InChI=1S/C20H31NO3/c1-4-6-7-12-21(16(3)9-5-2)20(22)17-10-11-18-19(15-17)24-14-8-13-23-18/h10-11,15-16H,4-9,12-14H2,1-3H3. The van der Waals surface area contributed by atoms with Crippen molar-refractivity contribution < 1.29 is 14.3 Å². The van der Waals surface area contributed by atoms with Gasteiger partial charge in [0.25, 0.3) is 5.91 Å². The number of hydrogen-bond acceptors (Lipinski definition) is 3. The summed E-state index contributed by atoms with van der Waals surface area (Å²) in [4.78, 5) is 15.1. The number of hydrogen-bond donors (Lipinski definition) is 0. The molecule has 0 saturated heterocycles. The summed E-state index contributed by atoms with van der Waals surface area (Å²) in [6.45, 7) is 8.62. The molecule has 1 aliphatic heterocycles. The van der Waals surface area contributed by atoms with Crippen LogP contribution in [0.3, 0.4) is 0 Å². The van der Waals surface area contributed by atoms with Gasteiger partial charge >= 0.3 is 0 Å². The lowest BCUT2D eigenvalue weighted by molar-refractivity contribution is 0.0679. The molecule has 1 aromatic rings. The summed E-state index contributed by atoms with van der Waals surface area (Å²) in [5.41, 5.74) is 0.693. The molecule has 24 heavy (non-hydrogen) atoms. The van der Waals surface area contributed by atoms with E-state index in [0.29, 0.717) is 24.5 Å². The molecular weight excluding hydrogens is 302 g/mol. The Morgan fingerprint density at radius 1 is 1.12 bits per heavy atom. The smallest absolute Gasteiger partial charge is 0.254 e. The minimum atomic E-state index is 0.0997. The fourth-order valence-electron chi connectivity index (χ4n) is 3.09. The molecule has 0 aromatic heterocycles. The third kappa shape index (κ3) is 4.89. The van der Waals surface area contributed by atoms with Crippen molar-refractivity contribution in [2.45, 2.75) is 65.3 Å². The summed E-state index contributed by atoms with van der Waals surface area (Å²) < 4.78 is 11.4. The first-order valence-electron chi connectivity index (χ1n) is 9.38. The molecule has 0 saturated carbocycles. The van der Waals surface area contributed by atoms with Crippen molar-refractivity contribution in [2.75, 3.05) is 19.8 Å². The molecule has 0 spiro atoms. The molecule has 0 radical (unpaired) electrons. The van der Waals surface area contributed by atoms with Crippen molar-refractivity contribution in [3.05, 3.63) is 23.8 Å². The second kappa shape index (κ2) is 9.55. The molecule has 134 valence electrons. The Balaban J connectivity index is 2.16. The third-order valence-electron chi connectivity index (χ3n) is 4.50. The highest BCUT2D eigenvalue weighted by atomic mass is 16.5. The molecule has 4 heteroatoms. The van der Waals surface area contributed by atoms with Crippen LogP contribution in [0.2, 0.25) is 0 Å². The van der Waals surface area contributed by atoms with Gasteiger partial charge in [0.05, 0.1) is 13.2 Å². The van der Waals surface area contributed by atoms with Gasteiger partial charge in [0.1, 0.15) is 0 Å². The first-order chi connectivity index (χ1) is 11.7. The predicted molar refractivity (Wildman–Crippen MR) is 97.0 cm³/mol. The topological polar surface area (TPSA) is 38.8 Å². The summed E-state index contributed by atoms with van der Waals surface area (Å²) in [5, 5.41) is 0. The Morgan fingerprint density at radius 2 is 1.88 bits per heavy atom. The van der Waals surface area contributed by atoms with Crippen LogP contribution in [0.4, 0.5) is 0 Å². The number of rotatable bonds is 8. The van der Waals surface area contributed by atoms with Gasteiger partial charge in [-0.3, -0.25) is 4.79 Å². The molecule has 1 atom stereocenters. The van der Waals surface area contributed by atoms with Crippen molar-refractivity contribution in [1.29, 1.82) is 0 Å². The van der Waals surface area contributed by atoms with Crippen molar-refractivity contribution in [1.82, 2.24) is 4.90 Å². The molecule has 0 fully saturated rings. The van der Waals surface area contributed by atoms with E-state index < -0.39 is 0 Å². The van der Waals surface area contributed by atoms with Crippen molar-refractivity contribution >= 4 is 5.91 Å². The number of carbonyl (C=O) groups is 1. The number of nitrogens with zero attached hydrogens (tertiary/aromatic N) is 1. The Labute approximate surface area is 146 Å². The van der Waals surface area contributed by atoms with Crippen LogP contribution < -0.4 is 9.47 Å². The van der Waals surface area contributed by atoms with E-state index in [2.05, 4.69) is 20.8 Å². The van der Waals surface area contributed by atoms with E-state index >= 15 is 0 Å². The summed E-state index contributed by atoms with van der Waals surface area (Å²) in [7, 11) is 0. The molecule has 1 amide bonds. The van der Waals surface area contributed by atoms with E-state index in [-0.39, 0.29) is 11.9 Å². The van der Waals surface area contributed by atoms with Crippen LogP contribution >= 0.6 is 0 Å². The maximum atomic E-state index is 13.1. The number of fused-ring (bicyclic) bond motifs is 1. The van der Waals surface area contributed by atoms with Gasteiger partial charge in [0.2, 0.25) is 0 Å². The summed E-state index contributed by atoms with van der Waals surface area (Å²) in [6, 6.07) is 5.83. The molecule has 1 aromatic carbocycles. The fraction of sp³-hybridized carbons (Fsp3) is 0.650. The van der Waals surface area contributed by atoms with Crippen LogP contribution in [-0.2, 0) is 0 Å². The maximum Gasteiger partial charge on any atom is 0.254 e. The van der Waals surface area contributed by atoms with Gasteiger partial charge < -0.3 is 14.4 Å². The van der Waals surface area contributed by atoms with Gasteiger partial charge in [-0.1, -0.05) is 33.1 Å². The summed E-state index contributed by atoms with van der Waals surface area (Å²) in [5.74, 6) is 1.53. The second-order valence-corrected chi connectivity index (χ2v) is 6.56. The Kier molecular flexibility index (Phi) is 7.41. The van der Waals surface area contributed by atoms with Crippen LogP contribution in [0, 0.1) is 0 Å². The molecule has 2 rings (SSSR count). The zero-order chi connectivity index (χ0) is 17.4. The number of benzene rings is 1. The number of unbranched alkanes of at least 4 members (excludes halogenated alkanes) is 2. The predicted octanol–water partition coefficient (Wildman–Crippen LogP) is 4.67. The molecule has 1 heterocycles. The van der Waals surface area contributed by atoms with Gasteiger partial charge in [0, 0.05) is 24.6 Å². The largest absolute Gasteiger partial charge is 0.490 e. The lowest BCUT2D eigenvalue weighted by atomic mass is 10.1. The maximum absolute atomic E-state index is 13.1. The molecular formula is C20H31NO3. The van der Waals surface area contributed by atoms with E-state index in [1.807, 2.05) is 23.1 Å². The highest BCUT2D eigenvalue weighted by Crippen LogP contribution is 2.31. The SMILES string of the molecule is CCCCCN(C(=O)c1ccc2c(c1)OCCCO2)C(C)CCC. The minimum Gasteiger partial charge on any atom is -0.490 e. The number of amides is 1. The van der Waals surface area contributed by atoms with Crippen LogP contribution in [0.15, 0.2) is 18.2 Å². The van der Waals surface area contributed by atoms with E-state index in [4.69, 9.17) is 9.47 Å². The zero-order valence-corrected chi connectivity index (χ0v) is 15.3. The molecule has 4 nitrogen and oxygen atoms in total.